The molecule has 2 unspecified atom stereocenters. The number of ether oxygens (including phenoxy) is 2. The number of hydrogen-bond donors (Lipinski definition) is 1. The number of nitrogens with zero attached hydrogens (tertiary/aromatic N) is 4. The molecule has 4 aromatic rings. The van der Waals surface area contributed by atoms with Gasteiger partial charge in [0.05, 0.1) is 23.0 Å². The molecule has 3 atom stereocenters. The minimum absolute atomic E-state index is 0.0297. The minimum atomic E-state index is -1.30. The summed E-state index contributed by atoms with van der Waals surface area (Å²) in [5.74, 6) is 0.630. The number of halogens is 1. The summed E-state index contributed by atoms with van der Waals surface area (Å²) in [5, 5.41) is 3.84. The molecule has 1 saturated heterocycles. The maximum absolute atomic E-state index is 14.1. The van der Waals surface area contributed by atoms with Crippen molar-refractivity contribution in [3.05, 3.63) is 55.5 Å². The van der Waals surface area contributed by atoms with Crippen LogP contribution in [0.4, 0.5) is 0 Å². The summed E-state index contributed by atoms with van der Waals surface area (Å²) >= 11 is 3.63. The van der Waals surface area contributed by atoms with Crippen molar-refractivity contribution in [3.8, 4) is 17.0 Å². The van der Waals surface area contributed by atoms with Crippen LogP contribution in [0.1, 0.15) is 13.3 Å². The fraction of sp³-hybridized carbons (Fsp3) is 0.464. The first-order chi connectivity index (χ1) is 18.6. The van der Waals surface area contributed by atoms with Crippen LogP contribution in [0.3, 0.4) is 0 Å². The number of aromatic nitrogens is 4. The van der Waals surface area contributed by atoms with Gasteiger partial charge < -0.3 is 9.47 Å². The average molecular weight is 613 g/mol. The molecule has 4 heterocycles. The van der Waals surface area contributed by atoms with Crippen LogP contribution in [0, 0.1) is 0 Å². The molecule has 6 rings (SSSR count). The molecule has 0 spiro atoms. The molecule has 1 fully saturated rings. The fourth-order valence-electron chi connectivity index (χ4n) is 5.59. The Morgan fingerprint density at radius 2 is 2.00 bits per heavy atom. The number of hydrogen-bond acceptors (Lipinski definition) is 6. The number of H-pyrrole nitrogens is 1. The summed E-state index contributed by atoms with van der Waals surface area (Å²) in [6, 6.07) is 10.6. The SMILES string of the molecule is C[C@@H]1CC2CN1CCn1[nH]c3c(cccc3c1=O)-c1nc3c(cc(Br)cc3n(COCC[Si](C)(C)C)c1=O)O2. The Morgan fingerprint density at radius 1 is 1.18 bits per heavy atom. The Morgan fingerprint density at radius 3 is 2.79 bits per heavy atom. The highest BCUT2D eigenvalue weighted by Crippen LogP contribution is 2.34. The summed E-state index contributed by atoms with van der Waals surface area (Å²) in [5.41, 5.74) is 2.35. The first-order valence-electron chi connectivity index (χ1n) is 13.5. The molecule has 0 aliphatic carbocycles. The van der Waals surface area contributed by atoms with E-state index in [-0.39, 0.29) is 29.6 Å². The third-order valence-electron chi connectivity index (χ3n) is 7.81. The lowest BCUT2D eigenvalue weighted by molar-refractivity contribution is 0.0878. The topological polar surface area (TPSA) is 94.4 Å². The molecule has 2 aromatic heterocycles. The first kappa shape index (κ1) is 26.5. The zero-order valence-corrected chi connectivity index (χ0v) is 25.4. The highest BCUT2D eigenvalue weighted by Gasteiger charge is 2.32. The minimum Gasteiger partial charge on any atom is -0.487 e. The van der Waals surface area contributed by atoms with E-state index in [1.807, 2.05) is 24.3 Å². The summed E-state index contributed by atoms with van der Waals surface area (Å²) in [4.78, 5) is 34.6. The average Bonchev–Trinajstić information content (AvgIpc) is 3.38. The van der Waals surface area contributed by atoms with Crippen molar-refractivity contribution >= 4 is 45.9 Å². The second kappa shape index (κ2) is 10.0. The Hall–Kier alpha value is -2.73. The van der Waals surface area contributed by atoms with Crippen LogP contribution in [0.2, 0.25) is 25.7 Å². The number of benzene rings is 2. The molecular weight excluding hydrogens is 578 g/mol. The van der Waals surface area contributed by atoms with E-state index in [1.165, 1.54) is 0 Å². The van der Waals surface area contributed by atoms with Gasteiger partial charge in [-0.25, -0.2) is 4.98 Å². The quantitative estimate of drug-likeness (QED) is 0.261. The number of aromatic amines is 1. The third-order valence-corrected chi connectivity index (χ3v) is 9.97. The van der Waals surface area contributed by atoms with Crippen molar-refractivity contribution in [1.29, 1.82) is 0 Å². The van der Waals surface area contributed by atoms with E-state index in [0.717, 1.165) is 30.0 Å². The molecule has 2 aliphatic heterocycles. The second-order valence-electron chi connectivity index (χ2n) is 11.9. The Kier molecular flexibility index (Phi) is 6.81. The summed E-state index contributed by atoms with van der Waals surface area (Å²) in [6.07, 6.45) is 0.836. The lowest BCUT2D eigenvalue weighted by Gasteiger charge is -2.21. The van der Waals surface area contributed by atoms with E-state index in [9.17, 15) is 9.59 Å². The summed E-state index contributed by atoms with van der Waals surface area (Å²) < 4.78 is 16.8. The van der Waals surface area contributed by atoms with Crippen LogP contribution in [0.5, 0.6) is 5.75 Å². The molecule has 39 heavy (non-hydrogen) atoms. The van der Waals surface area contributed by atoms with Crippen LogP contribution < -0.4 is 15.9 Å². The van der Waals surface area contributed by atoms with Crippen LogP contribution in [-0.2, 0) is 18.0 Å². The highest BCUT2D eigenvalue weighted by molar-refractivity contribution is 9.10. The molecule has 11 heteroatoms. The summed E-state index contributed by atoms with van der Waals surface area (Å²) in [7, 11) is -1.30. The normalized spacial score (nSPS) is 21.1. The van der Waals surface area contributed by atoms with Gasteiger partial charge in [0.25, 0.3) is 11.1 Å². The van der Waals surface area contributed by atoms with E-state index < -0.39 is 8.07 Å². The monoisotopic (exact) mass is 611 g/mol. The number of nitrogens with one attached hydrogen (secondary N) is 1. The first-order valence-corrected chi connectivity index (χ1v) is 18.0. The molecular formula is C28H34BrN5O4Si. The van der Waals surface area contributed by atoms with E-state index >= 15 is 0 Å². The Balaban J connectivity index is 1.58. The van der Waals surface area contributed by atoms with E-state index in [4.69, 9.17) is 14.5 Å². The van der Waals surface area contributed by atoms with E-state index in [1.54, 1.807) is 15.3 Å². The van der Waals surface area contributed by atoms with E-state index in [2.05, 4.69) is 52.5 Å². The molecule has 0 radical (unpaired) electrons. The molecule has 0 saturated carbocycles. The van der Waals surface area contributed by atoms with Crippen molar-refractivity contribution in [2.75, 3.05) is 19.7 Å². The van der Waals surface area contributed by atoms with Crippen molar-refractivity contribution in [2.24, 2.45) is 0 Å². The predicted octanol–water partition coefficient (Wildman–Crippen LogP) is 4.64. The zero-order chi connectivity index (χ0) is 27.5. The van der Waals surface area contributed by atoms with Gasteiger partial charge in [0, 0.05) is 50.3 Å². The van der Waals surface area contributed by atoms with Gasteiger partial charge in [0.2, 0.25) is 0 Å². The molecule has 206 valence electrons. The number of rotatable bonds is 5. The van der Waals surface area contributed by atoms with Gasteiger partial charge in [-0.1, -0.05) is 47.7 Å². The largest absolute Gasteiger partial charge is 0.487 e. The summed E-state index contributed by atoms with van der Waals surface area (Å²) in [6.45, 7) is 11.8. The van der Waals surface area contributed by atoms with Crippen LogP contribution in [0.25, 0.3) is 33.2 Å². The molecule has 9 nitrogen and oxygen atoms in total. The predicted molar refractivity (Wildman–Crippen MR) is 159 cm³/mol. The van der Waals surface area contributed by atoms with Crippen molar-refractivity contribution in [2.45, 2.75) is 64.5 Å². The van der Waals surface area contributed by atoms with Gasteiger partial charge in [0.15, 0.2) is 0 Å². The van der Waals surface area contributed by atoms with Gasteiger partial charge in [-0.15, -0.1) is 0 Å². The van der Waals surface area contributed by atoms with Crippen LogP contribution in [0.15, 0.2) is 44.4 Å². The van der Waals surface area contributed by atoms with Crippen molar-refractivity contribution in [1.82, 2.24) is 24.2 Å². The molecule has 2 aliphatic rings. The zero-order valence-electron chi connectivity index (χ0n) is 22.8. The van der Waals surface area contributed by atoms with Gasteiger partial charge in [-0.05, 0) is 31.2 Å². The molecule has 0 amide bonds. The van der Waals surface area contributed by atoms with Crippen LogP contribution >= 0.6 is 15.9 Å². The molecule has 1 N–H and O–H groups in total. The Bertz CT molecular complexity index is 1690. The van der Waals surface area contributed by atoms with Crippen molar-refractivity contribution < 1.29 is 9.47 Å². The fourth-order valence-corrected chi connectivity index (χ4v) is 6.77. The molecule has 6 bridgehead atoms. The molecule has 2 aromatic carbocycles. The van der Waals surface area contributed by atoms with Gasteiger partial charge in [0.1, 0.15) is 29.8 Å². The van der Waals surface area contributed by atoms with Crippen LogP contribution in [-0.4, -0.2) is 64.1 Å². The highest BCUT2D eigenvalue weighted by atomic mass is 79.9. The number of fused-ring (bicyclic) bond motifs is 5. The van der Waals surface area contributed by atoms with Gasteiger partial charge >= 0.3 is 0 Å². The van der Waals surface area contributed by atoms with Gasteiger partial charge in [-0.3, -0.25) is 28.8 Å². The van der Waals surface area contributed by atoms with E-state index in [0.29, 0.717) is 52.4 Å². The second-order valence-corrected chi connectivity index (χ2v) is 18.5. The number of para-hydroxylation sites is 1. The van der Waals surface area contributed by atoms with Crippen molar-refractivity contribution in [3.63, 3.8) is 0 Å². The maximum Gasteiger partial charge on any atom is 0.279 e. The van der Waals surface area contributed by atoms with Gasteiger partial charge in [-0.2, -0.15) is 0 Å². The third kappa shape index (κ3) is 5.01. The maximum atomic E-state index is 14.1. The lowest BCUT2D eigenvalue weighted by Crippen LogP contribution is -2.33. The smallest absolute Gasteiger partial charge is 0.279 e. The Labute approximate surface area is 235 Å². The standard InChI is InChI=1S/C28H34BrN5O4Si/c1-17-12-19-15-32(17)8-9-34-27(35)21-7-5-6-20(24(21)31-34)25-28(36)33(16-37-10-11-39(2,3)4)22-13-18(29)14-23(38-19)26(22)30-25/h5-7,13-14,17,19,31H,8-12,15-16H2,1-4H3/t17-,19?/m1/s1. The lowest BCUT2D eigenvalue weighted by atomic mass is 10.1.